The predicted molar refractivity (Wildman–Crippen MR) is 121 cm³/mol. The minimum absolute atomic E-state index is 0.0706. The van der Waals surface area contributed by atoms with Gasteiger partial charge in [-0.25, -0.2) is 4.79 Å². The first-order valence-corrected chi connectivity index (χ1v) is 10.3. The van der Waals surface area contributed by atoms with Crippen molar-refractivity contribution in [2.75, 3.05) is 0 Å². The van der Waals surface area contributed by atoms with E-state index >= 15 is 0 Å². The smallest absolute Gasteiger partial charge is 0.340 e. The van der Waals surface area contributed by atoms with Gasteiger partial charge in [0.05, 0.1) is 24.8 Å². The fourth-order valence-electron chi connectivity index (χ4n) is 4.09. The molecule has 6 nitrogen and oxygen atoms in total. The Morgan fingerprint density at radius 3 is 2.47 bits per heavy atom. The van der Waals surface area contributed by atoms with Gasteiger partial charge in [-0.1, -0.05) is 30.3 Å². The molecule has 5 aromatic rings. The SMILES string of the molecule is Cc1oc2cc3oc(=O)c(CC(=O)NCc4ccco4)c(C)c3cc2c1-c1ccccc1. The second kappa shape index (κ2) is 7.89. The van der Waals surface area contributed by atoms with Crippen LogP contribution in [0.2, 0.25) is 0 Å². The number of hydrogen-bond donors (Lipinski definition) is 1. The van der Waals surface area contributed by atoms with Crippen molar-refractivity contribution in [2.45, 2.75) is 26.8 Å². The van der Waals surface area contributed by atoms with Crippen LogP contribution in [-0.2, 0) is 17.8 Å². The Kier molecular flexibility index (Phi) is 4.90. The third-order valence-electron chi connectivity index (χ3n) is 5.71. The zero-order valence-corrected chi connectivity index (χ0v) is 17.7. The molecule has 0 atom stereocenters. The summed E-state index contributed by atoms with van der Waals surface area (Å²) in [6.07, 6.45) is 1.48. The maximum absolute atomic E-state index is 12.7. The van der Waals surface area contributed by atoms with E-state index in [0.717, 1.165) is 33.2 Å². The summed E-state index contributed by atoms with van der Waals surface area (Å²) in [5.74, 6) is 1.16. The summed E-state index contributed by atoms with van der Waals surface area (Å²) in [6.45, 7) is 4.03. The third-order valence-corrected chi connectivity index (χ3v) is 5.71. The Morgan fingerprint density at radius 2 is 1.72 bits per heavy atom. The highest BCUT2D eigenvalue weighted by molar-refractivity contribution is 6.03. The Labute approximate surface area is 183 Å². The third kappa shape index (κ3) is 3.50. The van der Waals surface area contributed by atoms with Gasteiger partial charge in [0.2, 0.25) is 5.91 Å². The van der Waals surface area contributed by atoms with Crippen LogP contribution < -0.4 is 10.9 Å². The molecule has 5 rings (SSSR count). The van der Waals surface area contributed by atoms with E-state index in [2.05, 4.69) is 5.32 Å². The van der Waals surface area contributed by atoms with Crippen LogP contribution in [0.4, 0.5) is 0 Å². The number of fused-ring (bicyclic) bond motifs is 2. The van der Waals surface area contributed by atoms with E-state index in [1.165, 1.54) is 0 Å². The average molecular weight is 427 g/mol. The summed E-state index contributed by atoms with van der Waals surface area (Å²) in [5.41, 5.74) is 3.70. The lowest BCUT2D eigenvalue weighted by Crippen LogP contribution is -2.27. The maximum atomic E-state index is 12.7. The van der Waals surface area contributed by atoms with E-state index in [1.54, 1.807) is 24.5 Å². The molecule has 0 fully saturated rings. The summed E-state index contributed by atoms with van der Waals surface area (Å²) in [7, 11) is 0. The van der Waals surface area contributed by atoms with E-state index in [-0.39, 0.29) is 18.9 Å². The van der Waals surface area contributed by atoms with Crippen molar-refractivity contribution in [3.63, 3.8) is 0 Å². The molecule has 0 aliphatic rings. The predicted octanol–water partition coefficient (Wildman–Crippen LogP) is 5.27. The largest absolute Gasteiger partial charge is 0.467 e. The molecule has 160 valence electrons. The van der Waals surface area contributed by atoms with Gasteiger partial charge in [-0.05, 0) is 43.2 Å². The normalized spacial score (nSPS) is 11.3. The van der Waals surface area contributed by atoms with Crippen LogP contribution in [0.1, 0.15) is 22.6 Å². The van der Waals surface area contributed by atoms with Crippen molar-refractivity contribution in [3.8, 4) is 11.1 Å². The molecule has 6 heteroatoms. The molecule has 0 radical (unpaired) electrons. The fraction of sp³-hybridized carbons (Fsp3) is 0.154. The summed E-state index contributed by atoms with van der Waals surface area (Å²) >= 11 is 0. The van der Waals surface area contributed by atoms with E-state index in [0.29, 0.717) is 22.5 Å². The highest BCUT2D eigenvalue weighted by Crippen LogP contribution is 2.37. The van der Waals surface area contributed by atoms with Gasteiger partial charge in [-0.2, -0.15) is 0 Å². The second-order valence-electron chi connectivity index (χ2n) is 7.77. The van der Waals surface area contributed by atoms with Crippen LogP contribution >= 0.6 is 0 Å². The van der Waals surface area contributed by atoms with E-state index in [4.69, 9.17) is 13.3 Å². The zero-order chi connectivity index (χ0) is 22.2. The van der Waals surface area contributed by atoms with Crippen LogP contribution in [0, 0.1) is 13.8 Å². The van der Waals surface area contributed by atoms with E-state index < -0.39 is 5.63 Å². The average Bonchev–Trinajstić information content (AvgIpc) is 3.41. The number of carbonyl (C=O) groups excluding carboxylic acids is 1. The van der Waals surface area contributed by atoms with Crippen molar-refractivity contribution in [2.24, 2.45) is 0 Å². The van der Waals surface area contributed by atoms with Crippen molar-refractivity contribution in [1.29, 1.82) is 0 Å². The Balaban J connectivity index is 1.56. The number of hydrogen-bond acceptors (Lipinski definition) is 5. The topological polar surface area (TPSA) is 85.6 Å². The molecule has 2 aromatic carbocycles. The monoisotopic (exact) mass is 427 g/mol. The first-order valence-electron chi connectivity index (χ1n) is 10.3. The van der Waals surface area contributed by atoms with Crippen LogP contribution in [0.15, 0.2) is 78.9 Å². The van der Waals surface area contributed by atoms with Crippen molar-refractivity contribution >= 4 is 27.8 Å². The number of rotatable bonds is 5. The lowest BCUT2D eigenvalue weighted by atomic mass is 9.98. The van der Waals surface area contributed by atoms with Crippen LogP contribution in [0.5, 0.6) is 0 Å². The maximum Gasteiger partial charge on any atom is 0.340 e. The summed E-state index contributed by atoms with van der Waals surface area (Å²) in [6, 6.07) is 17.3. The van der Waals surface area contributed by atoms with Gasteiger partial charge in [0.1, 0.15) is 22.7 Å². The van der Waals surface area contributed by atoms with Crippen LogP contribution in [0.25, 0.3) is 33.1 Å². The molecule has 0 saturated heterocycles. The number of carbonyl (C=O) groups is 1. The summed E-state index contributed by atoms with van der Waals surface area (Å²) < 4.78 is 16.8. The summed E-state index contributed by atoms with van der Waals surface area (Å²) in [5, 5.41) is 4.49. The summed E-state index contributed by atoms with van der Waals surface area (Å²) in [4.78, 5) is 25.1. The Hall–Kier alpha value is -4.06. The molecule has 0 unspecified atom stereocenters. The lowest BCUT2D eigenvalue weighted by Gasteiger charge is -2.09. The fourth-order valence-corrected chi connectivity index (χ4v) is 4.09. The van der Waals surface area contributed by atoms with Gasteiger partial charge in [0.25, 0.3) is 0 Å². The van der Waals surface area contributed by atoms with Crippen LogP contribution in [-0.4, -0.2) is 5.91 Å². The van der Waals surface area contributed by atoms with E-state index in [9.17, 15) is 9.59 Å². The standard InChI is InChI=1S/C26H21NO5/c1-15-19-11-21-23(31-16(2)25(21)17-7-4-3-5-8-17)13-22(19)32-26(29)20(15)12-24(28)27-14-18-9-6-10-30-18/h3-11,13H,12,14H2,1-2H3,(H,27,28). The highest BCUT2D eigenvalue weighted by atomic mass is 16.4. The second-order valence-corrected chi connectivity index (χ2v) is 7.77. The molecule has 1 amide bonds. The van der Waals surface area contributed by atoms with Gasteiger partial charge in [-0.3, -0.25) is 4.79 Å². The first-order chi connectivity index (χ1) is 15.5. The minimum atomic E-state index is -0.519. The molecule has 3 heterocycles. The van der Waals surface area contributed by atoms with Crippen LogP contribution in [0.3, 0.4) is 0 Å². The molecule has 0 aliphatic carbocycles. The number of furan rings is 2. The molecule has 32 heavy (non-hydrogen) atoms. The van der Waals surface area contributed by atoms with Gasteiger partial charge in [0.15, 0.2) is 0 Å². The molecule has 0 bridgehead atoms. The van der Waals surface area contributed by atoms with Crippen molar-refractivity contribution in [3.05, 3.63) is 93.9 Å². The van der Waals surface area contributed by atoms with Gasteiger partial charge in [-0.15, -0.1) is 0 Å². The molecule has 0 aliphatic heterocycles. The first kappa shape index (κ1) is 19.9. The number of aryl methyl sites for hydroxylation is 2. The van der Waals surface area contributed by atoms with Crippen molar-refractivity contribution in [1.82, 2.24) is 5.32 Å². The molecule has 1 N–H and O–H groups in total. The zero-order valence-electron chi connectivity index (χ0n) is 17.7. The van der Waals surface area contributed by atoms with Gasteiger partial charge < -0.3 is 18.6 Å². The number of amides is 1. The van der Waals surface area contributed by atoms with Gasteiger partial charge >= 0.3 is 5.63 Å². The minimum Gasteiger partial charge on any atom is -0.467 e. The Bertz CT molecular complexity index is 1490. The molecule has 0 saturated carbocycles. The molecular weight excluding hydrogens is 406 g/mol. The van der Waals surface area contributed by atoms with Gasteiger partial charge in [0, 0.05) is 22.4 Å². The van der Waals surface area contributed by atoms with Crippen molar-refractivity contribution < 1.29 is 18.0 Å². The number of nitrogens with one attached hydrogen (secondary N) is 1. The Morgan fingerprint density at radius 1 is 0.938 bits per heavy atom. The molecular formula is C26H21NO5. The quantitative estimate of drug-likeness (QED) is 0.386. The number of benzene rings is 2. The highest BCUT2D eigenvalue weighted by Gasteiger charge is 2.19. The molecule has 0 spiro atoms. The molecule has 3 aromatic heterocycles. The van der Waals surface area contributed by atoms with E-state index in [1.807, 2.05) is 50.2 Å². The lowest BCUT2D eigenvalue weighted by molar-refractivity contribution is -0.120.